The SMILES string of the molecule is O=C(c1cccs1)N1CCc2ccc(-c3ccco3)cc2C1. The van der Waals surface area contributed by atoms with Crippen LogP contribution >= 0.6 is 11.3 Å². The van der Waals surface area contributed by atoms with Crippen LogP contribution in [0.3, 0.4) is 0 Å². The quantitative estimate of drug-likeness (QED) is 0.710. The van der Waals surface area contributed by atoms with Gasteiger partial charge in [0.1, 0.15) is 5.76 Å². The Morgan fingerprint density at radius 3 is 2.86 bits per heavy atom. The Labute approximate surface area is 132 Å². The fourth-order valence-electron chi connectivity index (χ4n) is 2.88. The zero-order valence-electron chi connectivity index (χ0n) is 12.0. The van der Waals surface area contributed by atoms with Gasteiger partial charge >= 0.3 is 0 Å². The van der Waals surface area contributed by atoms with Crippen LogP contribution in [0.5, 0.6) is 0 Å². The van der Waals surface area contributed by atoms with Crippen LogP contribution < -0.4 is 0 Å². The molecule has 0 atom stereocenters. The second-order valence-corrected chi connectivity index (χ2v) is 6.36. The number of hydrogen-bond donors (Lipinski definition) is 0. The molecule has 3 heterocycles. The number of carbonyl (C=O) groups is 1. The molecule has 0 unspecified atom stereocenters. The molecule has 1 aromatic carbocycles. The van der Waals surface area contributed by atoms with E-state index in [1.165, 1.54) is 22.5 Å². The minimum absolute atomic E-state index is 0.129. The number of benzene rings is 1. The Balaban J connectivity index is 1.62. The topological polar surface area (TPSA) is 33.5 Å². The van der Waals surface area contributed by atoms with E-state index in [1.807, 2.05) is 34.5 Å². The molecule has 0 saturated heterocycles. The molecule has 0 fully saturated rings. The minimum atomic E-state index is 0.129. The zero-order chi connectivity index (χ0) is 14.9. The number of rotatable bonds is 2. The first kappa shape index (κ1) is 13.3. The highest BCUT2D eigenvalue weighted by Gasteiger charge is 2.22. The van der Waals surface area contributed by atoms with E-state index in [-0.39, 0.29) is 5.91 Å². The number of fused-ring (bicyclic) bond motifs is 1. The van der Waals surface area contributed by atoms with Crippen LogP contribution in [0.4, 0.5) is 0 Å². The molecule has 3 aromatic rings. The summed E-state index contributed by atoms with van der Waals surface area (Å²) in [4.78, 5) is 15.2. The van der Waals surface area contributed by atoms with Gasteiger partial charge in [-0.2, -0.15) is 0 Å². The largest absolute Gasteiger partial charge is 0.464 e. The second-order valence-electron chi connectivity index (χ2n) is 5.41. The lowest BCUT2D eigenvalue weighted by Crippen LogP contribution is -2.35. The summed E-state index contributed by atoms with van der Waals surface area (Å²) >= 11 is 1.50. The third-order valence-electron chi connectivity index (χ3n) is 4.04. The van der Waals surface area contributed by atoms with Gasteiger partial charge in [0.2, 0.25) is 0 Å². The van der Waals surface area contributed by atoms with Gasteiger partial charge in [-0.15, -0.1) is 11.3 Å². The highest BCUT2D eigenvalue weighted by molar-refractivity contribution is 7.12. The van der Waals surface area contributed by atoms with Crippen LogP contribution in [-0.4, -0.2) is 17.4 Å². The molecule has 22 heavy (non-hydrogen) atoms. The minimum Gasteiger partial charge on any atom is -0.464 e. The standard InChI is InChI=1S/C18H15NO2S/c20-18(17-4-2-10-22-17)19-8-7-13-5-6-14(11-15(13)12-19)16-3-1-9-21-16/h1-6,9-11H,7-8,12H2. The molecular formula is C18H15NO2S. The lowest BCUT2D eigenvalue weighted by Gasteiger charge is -2.28. The molecule has 0 spiro atoms. The summed E-state index contributed by atoms with van der Waals surface area (Å²) in [6.07, 6.45) is 2.59. The van der Waals surface area contributed by atoms with Crippen molar-refractivity contribution in [2.75, 3.05) is 6.54 Å². The van der Waals surface area contributed by atoms with Gasteiger partial charge in [0, 0.05) is 18.7 Å². The maximum Gasteiger partial charge on any atom is 0.264 e. The molecular weight excluding hydrogens is 294 g/mol. The smallest absolute Gasteiger partial charge is 0.264 e. The van der Waals surface area contributed by atoms with Gasteiger partial charge in [0.15, 0.2) is 0 Å². The molecule has 2 aromatic heterocycles. The van der Waals surface area contributed by atoms with E-state index < -0.39 is 0 Å². The van der Waals surface area contributed by atoms with Gasteiger partial charge in [-0.1, -0.05) is 18.2 Å². The van der Waals surface area contributed by atoms with Crippen molar-refractivity contribution in [2.45, 2.75) is 13.0 Å². The number of thiophene rings is 1. The molecule has 0 bridgehead atoms. The third-order valence-corrected chi connectivity index (χ3v) is 4.90. The highest BCUT2D eigenvalue weighted by Crippen LogP contribution is 2.27. The van der Waals surface area contributed by atoms with Crippen molar-refractivity contribution in [3.8, 4) is 11.3 Å². The summed E-state index contributed by atoms with van der Waals surface area (Å²) in [5.74, 6) is 0.994. The van der Waals surface area contributed by atoms with E-state index in [0.717, 1.165) is 29.2 Å². The summed E-state index contributed by atoms with van der Waals surface area (Å²) < 4.78 is 5.46. The predicted octanol–water partition coefficient (Wildman–Crippen LogP) is 4.21. The van der Waals surface area contributed by atoms with Crippen LogP contribution in [0.25, 0.3) is 11.3 Å². The lowest BCUT2D eigenvalue weighted by atomic mass is 9.96. The number of nitrogens with zero attached hydrogens (tertiary/aromatic N) is 1. The van der Waals surface area contributed by atoms with Gasteiger partial charge in [0.05, 0.1) is 11.1 Å². The first-order valence-corrected chi connectivity index (χ1v) is 8.18. The molecule has 0 aliphatic carbocycles. The first-order valence-electron chi connectivity index (χ1n) is 7.30. The number of carbonyl (C=O) groups excluding carboxylic acids is 1. The van der Waals surface area contributed by atoms with Gasteiger partial charge < -0.3 is 9.32 Å². The second kappa shape index (κ2) is 5.46. The molecule has 0 N–H and O–H groups in total. The molecule has 1 aliphatic rings. The summed E-state index contributed by atoms with van der Waals surface area (Å²) in [6, 6.07) is 14.0. The van der Waals surface area contributed by atoms with E-state index in [2.05, 4.69) is 18.2 Å². The fourth-order valence-corrected chi connectivity index (χ4v) is 3.57. The number of amides is 1. The fraction of sp³-hybridized carbons (Fsp3) is 0.167. The number of furan rings is 1. The lowest BCUT2D eigenvalue weighted by molar-refractivity contribution is 0.0739. The van der Waals surface area contributed by atoms with Crippen LogP contribution in [0.2, 0.25) is 0 Å². The van der Waals surface area contributed by atoms with E-state index >= 15 is 0 Å². The normalized spacial score (nSPS) is 13.9. The zero-order valence-corrected chi connectivity index (χ0v) is 12.8. The van der Waals surface area contributed by atoms with Crippen molar-refractivity contribution in [1.29, 1.82) is 0 Å². The molecule has 1 aliphatic heterocycles. The molecule has 0 saturated carbocycles. The molecule has 0 radical (unpaired) electrons. The molecule has 1 amide bonds. The van der Waals surface area contributed by atoms with E-state index in [4.69, 9.17) is 4.42 Å². The highest BCUT2D eigenvalue weighted by atomic mass is 32.1. The van der Waals surface area contributed by atoms with Gasteiger partial charge in [-0.25, -0.2) is 0 Å². The maximum atomic E-state index is 12.5. The van der Waals surface area contributed by atoms with Crippen LogP contribution in [0.1, 0.15) is 20.8 Å². The average molecular weight is 309 g/mol. The van der Waals surface area contributed by atoms with E-state index in [1.54, 1.807) is 6.26 Å². The third kappa shape index (κ3) is 2.35. The maximum absolute atomic E-state index is 12.5. The molecule has 4 rings (SSSR count). The van der Waals surface area contributed by atoms with Gasteiger partial charge in [-0.05, 0) is 47.2 Å². The van der Waals surface area contributed by atoms with Crippen molar-refractivity contribution < 1.29 is 9.21 Å². The monoisotopic (exact) mass is 309 g/mol. The Hall–Kier alpha value is -2.33. The summed E-state index contributed by atoms with van der Waals surface area (Å²) in [5, 5.41) is 1.94. The van der Waals surface area contributed by atoms with E-state index in [0.29, 0.717) is 6.54 Å². The van der Waals surface area contributed by atoms with Crippen molar-refractivity contribution >= 4 is 17.2 Å². The summed E-state index contributed by atoms with van der Waals surface area (Å²) in [7, 11) is 0. The Morgan fingerprint density at radius 1 is 1.14 bits per heavy atom. The van der Waals surface area contributed by atoms with Crippen molar-refractivity contribution in [2.24, 2.45) is 0 Å². The summed E-state index contributed by atoms with van der Waals surface area (Å²) in [5.41, 5.74) is 3.60. The molecule has 110 valence electrons. The van der Waals surface area contributed by atoms with Crippen LogP contribution in [-0.2, 0) is 13.0 Å². The Bertz CT molecular complexity index is 791. The average Bonchev–Trinajstić information content (AvgIpc) is 3.26. The predicted molar refractivity (Wildman–Crippen MR) is 86.9 cm³/mol. The number of hydrogen-bond acceptors (Lipinski definition) is 3. The van der Waals surface area contributed by atoms with Crippen molar-refractivity contribution in [3.63, 3.8) is 0 Å². The van der Waals surface area contributed by atoms with E-state index in [9.17, 15) is 4.79 Å². The van der Waals surface area contributed by atoms with Gasteiger partial charge in [0.25, 0.3) is 5.91 Å². The first-order chi connectivity index (χ1) is 10.8. The van der Waals surface area contributed by atoms with Crippen molar-refractivity contribution in [3.05, 3.63) is 70.1 Å². The Kier molecular flexibility index (Phi) is 3.31. The molecule has 4 heteroatoms. The summed E-state index contributed by atoms with van der Waals surface area (Å²) in [6.45, 7) is 1.45. The van der Waals surface area contributed by atoms with Crippen molar-refractivity contribution in [1.82, 2.24) is 4.90 Å². The molecule has 3 nitrogen and oxygen atoms in total. The van der Waals surface area contributed by atoms with Crippen LogP contribution in [0.15, 0.2) is 58.5 Å². The van der Waals surface area contributed by atoms with Crippen LogP contribution in [0, 0.1) is 0 Å². The van der Waals surface area contributed by atoms with Gasteiger partial charge in [-0.3, -0.25) is 4.79 Å². The Morgan fingerprint density at radius 2 is 2.09 bits per heavy atom.